The second-order valence-electron chi connectivity index (χ2n) is 13.2. The van der Waals surface area contributed by atoms with Gasteiger partial charge in [-0.15, -0.1) is 0 Å². The Bertz CT molecular complexity index is 1430. The SMILES string of the molecule is CC(C)C[C@@H](NC(=O)[C@H](CC(=O)C1=N[C+]=CN=C1)Cc1ccccc1)B1OCCCN(CCCCCC(=O)NC(C(=O)O)P(=O)(O)O)CCCO1. The third kappa shape index (κ3) is 15.7. The number of nitrogens with zero attached hydrogens (tertiary/aromatic N) is 3. The number of carbonyl (C=O) groups excluding carboxylic acids is 3. The summed E-state index contributed by atoms with van der Waals surface area (Å²) in [6, 6.07) is 9.56. The highest BCUT2D eigenvalue weighted by atomic mass is 31.2. The molecule has 3 rings (SSSR count). The largest absolute Gasteiger partial charge is 0.480 e. The molecule has 1 aromatic rings. The third-order valence-corrected chi connectivity index (χ3v) is 9.38. The number of hydrogen-bond acceptors (Lipinski definition) is 10. The molecule has 278 valence electrons. The number of unbranched alkanes of at least 4 members (excludes halogenated alkanes) is 2. The van der Waals surface area contributed by atoms with Gasteiger partial charge in [-0.05, 0) is 56.6 Å². The van der Waals surface area contributed by atoms with E-state index in [1.807, 2.05) is 35.6 Å². The molecule has 5 N–H and O–H groups in total. The van der Waals surface area contributed by atoms with Crippen LogP contribution in [0.25, 0.3) is 0 Å². The maximum Gasteiger partial charge on any atom is 0.480 e. The van der Waals surface area contributed by atoms with Gasteiger partial charge in [0.05, 0.1) is 11.9 Å². The van der Waals surface area contributed by atoms with Crippen LogP contribution in [0.3, 0.4) is 0 Å². The highest BCUT2D eigenvalue weighted by molar-refractivity contribution is 7.53. The van der Waals surface area contributed by atoms with Gasteiger partial charge in [0.1, 0.15) is 6.21 Å². The van der Waals surface area contributed by atoms with Gasteiger partial charge < -0.3 is 39.7 Å². The zero-order chi connectivity index (χ0) is 37.2. The number of amides is 2. The lowest BCUT2D eigenvalue weighted by atomic mass is 9.73. The van der Waals surface area contributed by atoms with Crippen LogP contribution in [0.1, 0.15) is 70.8 Å². The first kappa shape index (κ1) is 41.8. The first-order valence-corrected chi connectivity index (χ1v) is 19.1. The molecule has 1 saturated heterocycles. The number of benzene rings is 1. The van der Waals surface area contributed by atoms with Crippen LogP contribution in [0.2, 0.25) is 0 Å². The Hall–Kier alpha value is -3.62. The van der Waals surface area contributed by atoms with E-state index in [0.717, 1.165) is 44.5 Å². The Morgan fingerprint density at radius 2 is 1.71 bits per heavy atom. The molecule has 1 unspecified atom stereocenters. The van der Waals surface area contributed by atoms with Crippen LogP contribution >= 0.6 is 7.60 Å². The van der Waals surface area contributed by atoms with Crippen LogP contribution in [0, 0.1) is 18.0 Å². The summed E-state index contributed by atoms with van der Waals surface area (Å²) in [6.45, 7) is 7.26. The molecule has 17 heteroatoms. The average molecular weight is 731 g/mol. The summed E-state index contributed by atoms with van der Waals surface area (Å²) in [4.78, 5) is 78.5. The van der Waals surface area contributed by atoms with E-state index in [0.29, 0.717) is 38.9 Å². The smallest absolute Gasteiger partial charge is 0.479 e. The van der Waals surface area contributed by atoms with Crippen molar-refractivity contribution in [3.63, 3.8) is 0 Å². The minimum absolute atomic E-state index is 0.0370. The molecule has 0 saturated carbocycles. The predicted molar refractivity (Wildman–Crippen MR) is 192 cm³/mol. The fourth-order valence-corrected chi connectivity index (χ4v) is 6.44. The van der Waals surface area contributed by atoms with Crippen LogP contribution in [0.4, 0.5) is 0 Å². The standard InChI is InChI=1S/C34H49BN5O10P/c1-25(2)21-30(38-32(43)27(22-26-11-5-3-6-12-26)23-29(41)28-24-36-14-15-37-28)35-49-19-9-17-40(18-10-20-50-35)16-8-4-7-13-31(42)39-33(34(44)45)51(46,47)48/h3,5-6,11-12,14,24-25,27,30,33H,4,7-10,13,16-23H2,1-2H3,(H4-,38,39,42,43,44,45,46,47,48)/p+1/t27-,30+,33?/m0/s1. The van der Waals surface area contributed by atoms with E-state index in [4.69, 9.17) is 24.2 Å². The van der Waals surface area contributed by atoms with Gasteiger partial charge in [-0.25, -0.2) is 9.79 Å². The molecule has 0 radical (unpaired) electrons. The molecule has 2 amide bonds. The normalized spacial score (nSPS) is 17.5. The van der Waals surface area contributed by atoms with Crippen molar-refractivity contribution in [1.29, 1.82) is 0 Å². The summed E-state index contributed by atoms with van der Waals surface area (Å²) in [5.74, 6) is -6.16. The number of nitrogens with one attached hydrogen (secondary N) is 2. The zero-order valence-corrected chi connectivity index (χ0v) is 30.2. The summed E-state index contributed by atoms with van der Waals surface area (Å²) in [7, 11) is -5.67. The highest BCUT2D eigenvalue weighted by Crippen LogP contribution is 2.39. The van der Waals surface area contributed by atoms with Gasteiger partial charge in [-0.2, -0.15) is 0 Å². The van der Waals surface area contributed by atoms with Crippen LogP contribution in [0.15, 0.2) is 46.5 Å². The van der Waals surface area contributed by atoms with Gasteiger partial charge in [0.2, 0.25) is 23.8 Å². The van der Waals surface area contributed by atoms with Gasteiger partial charge in [0.15, 0.2) is 6.20 Å². The Morgan fingerprint density at radius 1 is 1.02 bits per heavy atom. The van der Waals surface area contributed by atoms with Crippen molar-refractivity contribution in [2.24, 2.45) is 21.8 Å². The van der Waals surface area contributed by atoms with Crippen molar-refractivity contribution >= 4 is 50.2 Å². The van der Waals surface area contributed by atoms with Crippen LogP contribution < -0.4 is 10.6 Å². The maximum atomic E-state index is 13.9. The summed E-state index contributed by atoms with van der Waals surface area (Å²) >= 11 is 0. The van der Waals surface area contributed by atoms with E-state index in [1.165, 1.54) is 12.4 Å². The lowest BCUT2D eigenvalue weighted by molar-refractivity contribution is -0.139. The molecule has 2 aliphatic rings. The highest BCUT2D eigenvalue weighted by Gasteiger charge is 2.38. The first-order valence-electron chi connectivity index (χ1n) is 17.4. The molecule has 2 aliphatic heterocycles. The van der Waals surface area contributed by atoms with Crippen molar-refractivity contribution in [2.45, 2.75) is 83.4 Å². The number of aliphatic imine (C=N–C) groups is 2. The minimum Gasteiger partial charge on any atom is -0.479 e. The van der Waals surface area contributed by atoms with Crippen LogP contribution in [-0.4, -0.2) is 107 Å². The van der Waals surface area contributed by atoms with Crippen molar-refractivity contribution in [3.8, 4) is 0 Å². The van der Waals surface area contributed by atoms with Crippen molar-refractivity contribution in [1.82, 2.24) is 15.5 Å². The number of carbonyl (C=O) groups is 4. The number of ketones is 1. The Morgan fingerprint density at radius 3 is 2.29 bits per heavy atom. The lowest BCUT2D eigenvalue weighted by Crippen LogP contribution is -2.52. The fourth-order valence-electron chi connectivity index (χ4n) is 5.84. The molecule has 2 heterocycles. The molecule has 15 nitrogen and oxygen atoms in total. The van der Waals surface area contributed by atoms with E-state index in [1.54, 1.807) is 0 Å². The number of aliphatic carboxylic acids is 1. The Balaban J connectivity index is 1.51. The monoisotopic (exact) mass is 730 g/mol. The molecular formula is C34H50BN5O10P+. The fraction of sp³-hybridized carbons (Fsp3) is 0.588. The molecule has 0 bridgehead atoms. The number of Topliss-reactive ketones (excluding diaryl/α,β-unsaturated/α-hetero) is 1. The van der Waals surface area contributed by atoms with E-state index in [2.05, 4.69) is 40.2 Å². The lowest BCUT2D eigenvalue weighted by Gasteiger charge is -2.30. The third-order valence-electron chi connectivity index (χ3n) is 8.36. The van der Waals surface area contributed by atoms with E-state index in [9.17, 15) is 23.7 Å². The molecular weight excluding hydrogens is 680 g/mol. The van der Waals surface area contributed by atoms with Crippen LogP contribution in [-0.2, 0) is 39.5 Å². The van der Waals surface area contributed by atoms with Gasteiger partial charge in [0.25, 0.3) is 11.5 Å². The summed E-state index contributed by atoms with van der Waals surface area (Å²) < 4.78 is 23.7. The quantitative estimate of drug-likeness (QED) is 0.0603. The number of carboxylic acid groups (broad SMARTS) is 1. The minimum atomic E-state index is -5.01. The molecule has 1 aromatic carbocycles. The predicted octanol–water partition coefficient (Wildman–Crippen LogP) is 2.56. The molecule has 0 spiro atoms. The first-order chi connectivity index (χ1) is 24.3. The molecule has 3 atom stereocenters. The van der Waals surface area contributed by atoms with Crippen molar-refractivity contribution in [3.05, 3.63) is 48.3 Å². The second kappa shape index (κ2) is 21.7. The van der Waals surface area contributed by atoms with E-state index >= 15 is 0 Å². The summed E-state index contributed by atoms with van der Waals surface area (Å²) in [5, 5.41) is 14.0. The maximum absolute atomic E-state index is 13.9. The second-order valence-corrected chi connectivity index (χ2v) is 14.9. The number of carboxylic acids is 1. The van der Waals surface area contributed by atoms with Gasteiger partial charge in [0, 0.05) is 44.1 Å². The summed E-state index contributed by atoms with van der Waals surface area (Å²) in [6.07, 6.45) is 9.58. The molecule has 0 aromatic heterocycles. The van der Waals surface area contributed by atoms with E-state index in [-0.39, 0.29) is 36.2 Å². The summed E-state index contributed by atoms with van der Waals surface area (Å²) in [5.41, 5.74) is 1.10. The zero-order valence-electron chi connectivity index (χ0n) is 29.3. The Labute approximate surface area is 299 Å². The molecule has 1 fully saturated rings. The van der Waals surface area contributed by atoms with Gasteiger partial charge in [-0.3, -0.25) is 18.9 Å². The van der Waals surface area contributed by atoms with Gasteiger partial charge >= 0.3 is 20.7 Å². The van der Waals surface area contributed by atoms with Crippen LogP contribution in [0.5, 0.6) is 0 Å². The van der Waals surface area contributed by atoms with Crippen molar-refractivity contribution < 1.29 is 47.9 Å². The topological polar surface area (TPSA) is 217 Å². The Kier molecular flexibility index (Phi) is 17.8. The molecule has 0 aliphatic carbocycles. The van der Waals surface area contributed by atoms with E-state index < -0.39 is 44.2 Å². The van der Waals surface area contributed by atoms with Crippen molar-refractivity contribution in [2.75, 3.05) is 32.8 Å². The number of hydrogen-bond donors (Lipinski definition) is 5. The molecule has 51 heavy (non-hydrogen) atoms. The average Bonchev–Trinajstić information content (AvgIpc) is 3.09. The number of rotatable bonds is 19. The van der Waals surface area contributed by atoms with Gasteiger partial charge in [-0.1, -0.05) is 50.6 Å².